The molecule has 2 rings (SSSR count). The van der Waals surface area contributed by atoms with Gasteiger partial charge in [0.05, 0.1) is 7.11 Å². The summed E-state index contributed by atoms with van der Waals surface area (Å²) in [5, 5.41) is 0. The monoisotopic (exact) mass is 343 g/mol. The van der Waals surface area contributed by atoms with Crippen molar-refractivity contribution in [2.45, 2.75) is 11.3 Å². The molecule has 1 aromatic carbocycles. The van der Waals surface area contributed by atoms with Crippen LogP contribution in [0.25, 0.3) is 0 Å². The summed E-state index contributed by atoms with van der Waals surface area (Å²) in [5.41, 5.74) is 1.33. The summed E-state index contributed by atoms with van der Waals surface area (Å²) in [6.45, 7) is 0. The van der Waals surface area contributed by atoms with Gasteiger partial charge in [-0.2, -0.15) is 0 Å². The van der Waals surface area contributed by atoms with Crippen molar-refractivity contribution in [1.29, 1.82) is 0 Å². The summed E-state index contributed by atoms with van der Waals surface area (Å²) in [6, 6.07) is 12.3. The molecule has 0 unspecified atom stereocenters. The van der Waals surface area contributed by atoms with Crippen molar-refractivity contribution in [3.63, 3.8) is 0 Å². The lowest BCUT2D eigenvalue weighted by atomic mass is 10.2. The number of phosphoric acid groups is 1. The lowest BCUT2D eigenvalue weighted by Crippen LogP contribution is -1.88. The summed E-state index contributed by atoms with van der Waals surface area (Å²) in [4.78, 5) is 26.9. The predicted octanol–water partition coefficient (Wildman–Crippen LogP) is 2.50. The minimum absolute atomic E-state index is 0.906. The van der Waals surface area contributed by atoms with E-state index in [1.54, 1.807) is 7.11 Å². The number of rotatable bonds is 5. The number of hydrogen-bond donors (Lipinski definition) is 3. The smallest absolute Gasteiger partial charge is 0.466 e. The average molecular weight is 343 g/mol. The lowest BCUT2D eigenvalue weighted by molar-refractivity contribution is 0.275. The Bertz CT molecular complexity index is 580. The van der Waals surface area contributed by atoms with E-state index in [1.165, 1.54) is 10.5 Å². The fourth-order valence-corrected chi connectivity index (χ4v) is 2.41. The first kappa shape index (κ1) is 18.7. The summed E-state index contributed by atoms with van der Waals surface area (Å²) >= 11 is 1.86. The Morgan fingerprint density at radius 2 is 1.64 bits per heavy atom. The zero-order valence-electron chi connectivity index (χ0n) is 12.0. The average Bonchev–Trinajstić information content (AvgIpc) is 2.47. The highest BCUT2D eigenvalue weighted by Crippen LogP contribution is 2.25. The Labute approximate surface area is 133 Å². The van der Waals surface area contributed by atoms with E-state index >= 15 is 0 Å². The van der Waals surface area contributed by atoms with E-state index in [4.69, 9.17) is 24.0 Å². The molecule has 0 aliphatic carbocycles. The lowest BCUT2D eigenvalue weighted by Gasteiger charge is -2.03. The van der Waals surface area contributed by atoms with Gasteiger partial charge in [0.15, 0.2) is 0 Å². The normalized spacial score (nSPS) is 10.5. The van der Waals surface area contributed by atoms with Crippen LogP contribution in [-0.4, -0.2) is 32.5 Å². The number of hydrogen-bond acceptors (Lipinski definition) is 4. The van der Waals surface area contributed by atoms with Gasteiger partial charge in [0.1, 0.15) is 5.75 Å². The highest BCUT2D eigenvalue weighted by Gasteiger charge is 2.00. The molecule has 3 N–H and O–H groups in total. The second-order valence-electron chi connectivity index (χ2n) is 4.14. The van der Waals surface area contributed by atoms with Crippen LogP contribution in [-0.2, 0) is 11.0 Å². The van der Waals surface area contributed by atoms with Crippen LogP contribution in [0.5, 0.6) is 5.75 Å². The van der Waals surface area contributed by atoms with Crippen LogP contribution in [0.2, 0.25) is 0 Å². The SMILES string of the molecule is COc1ccc(SCCc2ccncc2)cc1.O=P(O)(O)O. The molecule has 0 saturated carbocycles. The molecule has 120 valence electrons. The summed E-state index contributed by atoms with van der Waals surface area (Å²) < 4.78 is 14.0. The van der Waals surface area contributed by atoms with E-state index in [2.05, 4.69) is 29.2 Å². The van der Waals surface area contributed by atoms with Crippen LogP contribution >= 0.6 is 19.6 Å². The van der Waals surface area contributed by atoms with Gasteiger partial charge in [-0.1, -0.05) is 0 Å². The number of methoxy groups -OCH3 is 1. The quantitative estimate of drug-likeness (QED) is 0.566. The molecule has 0 saturated heterocycles. The van der Waals surface area contributed by atoms with Gasteiger partial charge < -0.3 is 19.4 Å². The van der Waals surface area contributed by atoms with Gasteiger partial charge in [0.25, 0.3) is 0 Å². The maximum Gasteiger partial charge on any atom is 0.466 e. The Balaban J connectivity index is 0.000000422. The van der Waals surface area contributed by atoms with Gasteiger partial charge in [0.2, 0.25) is 0 Å². The van der Waals surface area contributed by atoms with Gasteiger partial charge in [0, 0.05) is 23.0 Å². The molecule has 6 nitrogen and oxygen atoms in total. The van der Waals surface area contributed by atoms with Crippen molar-refractivity contribution in [2.75, 3.05) is 12.9 Å². The number of ether oxygens (including phenoxy) is 1. The maximum atomic E-state index is 8.88. The second-order valence-corrected chi connectivity index (χ2v) is 6.34. The number of benzene rings is 1. The van der Waals surface area contributed by atoms with Crippen molar-refractivity contribution >= 4 is 19.6 Å². The van der Waals surface area contributed by atoms with E-state index in [0.717, 1.165) is 17.9 Å². The largest absolute Gasteiger partial charge is 0.497 e. The highest BCUT2D eigenvalue weighted by molar-refractivity contribution is 7.99. The second kappa shape index (κ2) is 9.61. The number of thioether (sulfide) groups is 1. The van der Waals surface area contributed by atoms with Crippen molar-refractivity contribution in [1.82, 2.24) is 4.98 Å². The van der Waals surface area contributed by atoms with Crippen molar-refractivity contribution < 1.29 is 24.0 Å². The predicted molar refractivity (Wildman–Crippen MR) is 85.9 cm³/mol. The molecule has 1 heterocycles. The topological polar surface area (TPSA) is 99.9 Å². The number of nitrogens with zero attached hydrogens (tertiary/aromatic N) is 1. The highest BCUT2D eigenvalue weighted by atomic mass is 32.2. The van der Waals surface area contributed by atoms with Gasteiger partial charge in [-0.25, -0.2) is 4.57 Å². The molecular formula is C14H18NO5PS. The van der Waals surface area contributed by atoms with Crippen molar-refractivity contribution in [3.05, 3.63) is 54.4 Å². The van der Waals surface area contributed by atoms with Gasteiger partial charge >= 0.3 is 7.82 Å². The third-order valence-electron chi connectivity index (χ3n) is 2.47. The molecule has 22 heavy (non-hydrogen) atoms. The molecule has 8 heteroatoms. The van der Waals surface area contributed by atoms with E-state index in [0.29, 0.717) is 0 Å². The van der Waals surface area contributed by atoms with Crippen LogP contribution in [0.4, 0.5) is 0 Å². The molecule has 0 aliphatic rings. The Morgan fingerprint density at radius 1 is 1.09 bits per heavy atom. The van der Waals surface area contributed by atoms with Crippen molar-refractivity contribution in [3.8, 4) is 5.75 Å². The summed E-state index contributed by atoms with van der Waals surface area (Å²) in [6.07, 6.45) is 4.75. The molecule has 0 aliphatic heterocycles. The molecule has 2 aromatic rings. The van der Waals surface area contributed by atoms with Crippen LogP contribution in [0, 0.1) is 0 Å². The zero-order valence-corrected chi connectivity index (χ0v) is 13.7. The minimum atomic E-state index is -4.64. The molecule has 1 aromatic heterocycles. The fraction of sp³-hybridized carbons (Fsp3) is 0.214. The first-order valence-corrected chi connectivity index (χ1v) is 8.87. The summed E-state index contributed by atoms with van der Waals surface area (Å²) in [5.74, 6) is 1.99. The molecule has 0 spiro atoms. The molecule has 0 radical (unpaired) electrons. The van der Waals surface area contributed by atoms with Crippen LogP contribution in [0.3, 0.4) is 0 Å². The molecule has 0 bridgehead atoms. The van der Waals surface area contributed by atoms with E-state index in [-0.39, 0.29) is 0 Å². The third-order valence-corrected chi connectivity index (χ3v) is 3.48. The van der Waals surface area contributed by atoms with Gasteiger partial charge in [-0.05, 0) is 48.4 Å². The fourth-order valence-electron chi connectivity index (χ4n) is 1.51. The van der Waals surface area contributed by atoms with Gasteiger partial charge in [-0.15, -0.1) is 11.8 Å². The van der Waals surface area contributed by atoms with E-state index in [9.17, 15) is 0 Å². The minimum Gasteiger partial charge on any atom is -0.497 e. The molecule has 0 fully saturated rings. The van der Waals surface area contributed by atoms with E-state index in [1.807, 2.05) is 36.3 Å². The van der Waals surface area contributed by atoms with Gasteiger partial charge in [-0.3, -0.25) is 4.98 Å². The third kappa shape index (κ3) is 9.55. The van der Waals surface area contributed by atoms with Crippen molar-refractivity contribution in [2.24, 2.45) is 0 Å². The maximum absolute atomic E-state index is 8.88. The standard InChI is InChI=1S/C14H15NOS.H3O4P/c1-16-13-2-4-14(5-3-13)17-11-8-12-6-9-15-10-7-12;1-5(2,3)4/h2-7,9-10H,8,11H2,1H3;(H3,1,2,3,4). The number of pyridine rings is 1. The van der Waals surface area contributed by atoms with E-state index < -0.39 is 7.82 Å². The number of aryl methyl sites for hydroxylation is 1. The first-order valence-electron chi connectivity index (χ1n) is 6.32. The summed E-state index contributed by atoms with van der Waals surface area (Å²) in [7, 11) is -2.95. The Hall–Kier alpha value is -1.37. The van der Waals surface area contributed by atoms with Crippen LogP contribution in [0.1, 0.15) is 5.56 Å². The first-order chi connectivity index (χ1) is 10.4. The zero-order chi connectivity index (χ0) is 16.4. The molecule has 0 amide bonds. The van der Waals surface area contributed by atoms with Crippen LogP contribution in [0.15, 0.2) is 53.7 Å². The molecule has 0 atom stereocenters. The number of aromatic nitrogens is 1. The Morgan fingerprint density at radius 3 is 2.14 bits per heavy atom. The molecular weight excluding hydrogens is 325 g/mol. The Kier molecular flexibility index (Phi) is 8.16. The van der Waals surface area contributed by atoms with Crippen LogP contribution < -0.4 is 4.74 Å².